The third-order valence-corrected chi connectivity index (χ3v) is 8.29. The predicted molar refractivity (Wildman–Crippen MR) is 122 cm³/mol. The zero-order valence-electron chi connectivity index (χ0n) is 17.6. The van der Waals surface area contributed by atoms with Crippen LogP contribution in [0.5, 0.6) is 5.75 Å². The molecule has 1 N–H and O–H groups in total. The maximum atomic E-state index is 14.6. The third kappa shape index (κ3) is 4.49. The molecule has 1 amide bonds. The van der Waals surface area contributed by atoms with Crippen molar-refractivity contribution in [2.45, 2.75) is 36.1 Å². The number of fused-ring (bicyclic) bond motifs is 1. The number of anilines is 1. The Labute approximate surface area is 190 Å². The number of halogens is 1. The average molecular weight is 475 g/mol. The molecule has 4 rings (SSSR count). The molecule has 0 saturated heterocycles. The Hall–Kier alpha value is -2.91. The Kier molecular flexibility index (Phi) is 5.96. The summed E-state index contributed by atoms with van der Waals surface area (Å²) in [5.74, 6) is -0.588. The van der Waals surface area contributed by atoms with E-state index in [2.05, 4.69) is 5.32 Å². The molecule has 1 atom stereocenters. The van der Waals surface area contributed by atoms with E-state index in [1.165, 1.54) is 30.3 Å². The lowest BCUT2D eigenvalue weighted by Crippen LogP contribution is -2.45. The number of nitrogens with zero attached hydrogens (tertiary/aromatic N) is 1. The molecule has 0 radical (unpaired) electrons. The zero-order chi connectivity index (χ0) is 22.9. The molecule has 1 aliphatic rings. The van der Waals surface area contributed by atoms with E-state index in [4.69, 9.17) is 4.74 Å². The number of ether oxygens (including phenoxy) is 1. The molecule has 1 aliphatic heterocycles. The average Bonchev–Trinajstić information content (AvgIpc) is 3.28. The summed E-state index contributed by atoms with van der Waals surface area (Å²) < 4.78 is 47.9. The van der Waals surface area contributed by atoms with Gasteiger partial charge in [0.1, 0.15) is 27.9 Å². The summed E-state index contributed by atoms with van der Waals surface area (Å²) >= 11 is 1.01. The molecule has 6 nitrogen and oxygen atoms in total. The van der Waals surface area contributed by atoms with Gasteiger partial charge in [-0.3, -0.25) is 9.10 Å². The molecule has 0 bridgehead atoms. The van der Waals surface area contributed by atoms with Gasteiger partial charge in [-0.1, -0.05) is 36.4 Å². The second kappa shape index (κ2) is 8.55. The maximum absolute atomic E-state index is 14.6. The molecule has 0 aliphatic carbocycles. The van der Waals surface area contributed by atoms with E-state index in [1.54, 1.807) is 11.4 Å². The molecule has 0 spiro atoms. The summed E-state index contributed by atoms with van der Waals surface area (Å²) in [6, 6.07) is 15.6. The number of para-hydroxylation sites is 2. The number of sulfonamides is 1. The van der Waals surface area contributed by atoms with E-state index in [1.807, 2.05) is 38.1 Å². The van der Waals surface area contributed by atoms with Gasteiger partial charge < -0.3 is 10.1 Å². The molecule has 9 heteroatoms. The van der Waals surface area contributed by atoms with Gasteiger partial charge in [0.15, 0.2) is 0 Å². The molecule has 168 valence electrons. The number of rotatable bonds is 6. The van der Waals surface area contributed by atoms with Crippen LogP contribution in [0.25, 0.3) is 0 Å². The van der Waals surface area contributed by atoms with Crippen molar-refractivity contribution in [2.75, 3.05) is 10.8 Å². The lowest BCUT2D eigenvalue weighted by Gasteiger charge is -2.38. The fourth-order valence-electron chi connectivity index (χ4n) is 3.77. The molecule has 0 saturated carbocycles. The Balaban J connectivity index is 1.64. The van der Waals surface area contributed by atoms with E-state index in [9.17, 15) is 17.6 Å². The number of carbonyl (C=O) groups is 1. The van der Waals surface area contributed by atoms with Crippen LogP contribution in [0.3, 0.4) is 0 Å². The molecule has 2 aromatic carbocycles. The van der Waals surface area contributed by atoms with Crippen molar-refractivity contribution >= 4 is 33.0 Å². The largest absolute Gasteiger partial charge is 0.487 e. The zero-order valence-corrected chi connectivity index (χ0v) is 19.3. The molecule has 1 unspecified atom stereocenters. The number of hydrogen-bond acceptors (Lipinski definition) is 5. The van der Waals surface area contributed by atoms with Gasteiger partial charge >= 0.3 is 0 Å². The molecular weight excluding hydrogens is 451 g/mol. The van der Waals surface area contributed by atoms with E-state index >= 15 is 0 Å². The third-order valence-electron chi connectivity index (χ3n) is 5.16. The van der Waals surface area contributed by atoms with Crippen LogP contribution in [0.1, 0.15) is 31.9 Å². The Morgan fingerprint density at radius 3 is 2.59 bits per heavy atom. The smallest absolute Gasteiger partial charge is 0.274 e. The number of benzene rings is 2. The van der Waals surface area contributed by atoms with Crippen LogP contribution in [0.15, 0.2) is 70.3 Å². The second-order valence-electron chi connectivity index (χ2n) is 8.12. The van der Waals surface area contributed by atoms with Gasteiger partial charge in [-0.2, -0.15) is 0 Å². The van der Waals surface area contributed by atoms with Crippen LogP contribution in [-0.4, -0.2) is 26.5 Å². The molecule has 0 fully saturated rings. The van der Waals surface area contributed by atoms with Crippen molar-refractivity contribution in [1.82, 2.24) is 5.32 Å². The fourth-order valence-corrected chi connectivity index (χ4v) is 6.31. The highest BCUT2D eigenvalue weighted by atomic mass is 32.2. The number of nitrogens with one attached hydrogen (secondary N) is 1. The summed E-state index contributed by atoms with van der Waals surface area (Å²) in [7, 11) is -4.13. The van der Waals surface area contributed by atoms with Crippen molar-refractivity contribution in [1.29, 1.82) is 0 Å². The van der Waals surface area contributed by atoms with Crippen LogP contribution in [0, 0.1) is 5.82 Å². The highest BCUT2D eigenvalue weighted by Crippen LogP contribution is 2.39. The van der Waals surface area contributed by atoms with Crippen molar-refractivity contribution in [2.24, 2.45) is 0 Å². The van der Waals surface area contributed by atoms with Crippen LogP contribution >= 0.6 is 11.3 Å². The van der Waals surface area contributed by atoms with Gasteiger partial charge in [-0.25, -0.2) is 12.8 Å². The summed E-state index contributed by atoms with van der Waals surface area (Å²) in [6.07, 6.45) is 0.507. The molecule has 3 aromatic rings. The number of thiophene rings is 1. The van der Waals surface area contributed by atoms with E-state index in [0.29, 0.717) is 12.2 Å². The van der Waals surface area contributed by atoms with Crippen LogP contribution in [0.4, 0.5) is 10.1 Å². The minimum Gasteiger partial charge on any atom is -0.487 e. The van der Waals surface area contributed by atoms with Gasteiger partial charge in [0.05, 0.1) is 11.7 Å². The van der Waals surface area contributed by atoms with Crippen LogP contribution < -0.4 is 14.4 Å². The highest BCUT2D eigenvalue weighted by molar-refractivity contribution is 7.94. The Morgan fingerprint density at radius 1 is 1.16 bits per heavy atom. The van der Waals surface area contributed by atoms with Gasteiger partial charge in [-0.15, -0.1) is 11.3 Å². The first-order chi connectivity index (χ1) is 15.2. The molecule has 1 aromatic heterocycles. The Morgan fingerprint density at radius 2 is 1.88 bits per heavy atom. The SMILES string of the molecule is CC1(C)CC(NC(=O)CN(c2ccccc2F)S(=O)(=O)c2cccs2)c2ccccc2O1. The van der Waals surface area contributed by atoms with Crippen LogP contribution in [-0.2, 0) is 14.8 Å². The highest BCUT2D eigenvalue weighted by Gasteiger charge is 2.36. The normalized spacial score (nSPS) is 17.2. The maximum Gasteiger partial charge on any atom is 0.274 e. The minimum atomic E-state index is -4.13. The Bertz CT molecular complexity index is 1230. The molecular formula is C23H23FN2O4S2. The van der Waals surface area contributed by atoms with E-state index < -0.39 is 33.9 Å². The van der Waals surface area contributed by atoms with Crippen molar-refractivity contribution in [3.8, 4) is 5.75 Å². The van der Waals surface area contributed by atoms with Gasteiger partial charge in [0.2, 0.25) is 5.91 Å². The first-order valence-corrected chi connectivity index (χ1v) is 12.4. The first kappa shape index (κ1) is 22.3. The number of amides is 1. The second-order valence-corrected chi connectivity index (χ2v) is 11.2. The standard InChI is InChI=1S/C23H23FN2O4S2/c1-23(2)14-18(16-8-3-6-11-20(16)30-23)25-21(27)15-26(19-10-5-4-9-17(19)24)32(28,29)22-12-7-13-31-22/h3-13,18H,14-15H2,1-2H3,(H,25,27). The quantitative estimate of drug-likeness (QED) is 0.571. The van der Waals surface area contributed by atoms with Gasteiger partial charge in [-0.05, 0) is 43.5 Å². The number of carbonyl (C=O) groups excluding carboxylic acids is 1. The number of hydrogen-bond donors (Lipinski definition) is 1. The van der Waals surface area contributed by atoms with E-state index in [-0.39, 0.29) is 15.9 Å². The summed E-state index contributed by atoms with van der Waals surface area (Å²) in [4.78, 5) is 13.1. The topological polar surface area (TPSA) is 75.7 Å². The molecule has 32 heavy (non-hydrogen) atoms. The summed E-state index contributed by atoms with van der Waals surface area (Å²) in [6.45, 7) is 3.30. The van der Waals surface area contributed by atoms with E-state index in [0.717, 1.165) is 21.2 Å². The van der Waals surface area contributed by atoms with Crippen molar-refractivity contribution in [3.05, 3.63) is 77.4 Å². The predicted octanol–water partition coefficient (Wildman–Crippen LogP) is 4.50. The van der Waals surface area contributed by atoms with Crippen molar-refractivity contribution < 1.29 is 22.3 Å². The van der Waals surface area contributed by atoms with Crippen LogP contribution in [0.2, 0.25) is 0 Å². The fraction of sp³-hybridized carbons (Fsp3) is 0.261. The van der Waals surface area contributed by atoms with Crippen molar-refractivity contribution in [3.63, 3.8) is 0 Å². The lowest BCUT2D eigenvalue weighted by atomic mass is 9.89. The monoisotopic (exact) mass is 474 g/mol. The minimum absolute atomic E-state index is 0.0334. The lowest BCUT2D eigenvalue weighted by molar-refractivity contribution is -0.120. The summed E-state index contributed by atoms with van der Waals surface area (Å²) in [5.41, 5.74) is 0.128. The first-order valence-electron chi connectivity index (χ1n) is 10.1. The summed E-state index contributed by atoms with van der Waals surface area (Å²) in [5, 5.41) is 4.54. The van der Waals surface area contributed by atoms with Gasteiger partial charge in [0, 0.05) is 12.0 Å². The van der Waals surface area contributed by atoms with Gasteiger partial charge in [0.25, 0.3) is 10.0 Å². The molecule has 2 heterocycles.